The maximum Gasteiger partial charge on any atom is 0.201 e. The lowest BCUT2D eigenvalue weighted by molar-refractivity contribution is 1.27. The summed E-state index contributed by atoms with van der Waals surface area (Å²) < 4.78 is 0.588. The number of pyridine rings is 1. The van der Waals surface area contributed by atoms with E-state index in [-0.39, 0.29) is 5.43 Å². The molecule has 5 nitrogen and oxygen atoms in total. The smallest absolute Gasteiger partial charge is 0.201 e. The number of hydrogen-bond donors (Lipinski definition) is 3. The summed E-state index contributed by atoms with van der Waals surface area (Å²) in [6.07, 6.45) is 1.56. The molecule has 0 aromatic carbocycles. The third kappa shape index (κ3) is 0.973. The highest BCUT2D eigenvalue weighted by Crippen LogP contribution is 2.19. The molecule has 2 rings (SSSR count). The monoisotopic (exact) mass is 182 g/mol. The van der Waals surface area contributed by atoms with Crippen molar-refractivity contribution in [1.29, 1.82) is 0 Å². The van der Waals surface area contributed by atoms with Gasteiger partial charge in [-0.3, -0.25) is 10.2 Å². The summed E-state index contributed by atoms with van der Waals surface area (Å²) in [5.41, 5.74) is 2.92. The number of nitrogens with zero attached hydrogens (tertiary/aromatic N) is 1. The molecule has 12 heavy (non-hydrogen) atoms. The van der Waals surface area contributed by atoms with Crippen molar-refractivity contribution in [2.75, 3.05) is 5.43 Å². The predicted octanol–water partition coefficient (Wildman–Crippen LogP) is 0.270. The Hall–Kier alpha value is -1.40. The lowest BCUT2D eigenvalue weighted by atomic mass is 10.5. The van der Waals surface area contributed by atoms with Crippen molar-refractivity contribution in [1.82, 2.24) is 9.97 Å². The number of thiazole rings is 1. The lowest BCUT2D eigenvalue weighted by Crippen LogP contribution is -2.05. The molecule has 0 radical (unpaired) electrons. The second kappa shape index (κ2) is 2.58. The summed E-state index contributed by atoms with van der Waals surface area (Å²) in [7, 11) is 0. The molecule has 2 aromatic heterocycles. The molecule has 4 N–H and O–H groups in total. The van der Waals surface area contributed by atoms with Gasteiger partial charge in [-0.2, -0.15) is 0 Å². The van der Waals surface area contributed by atoms with E-state index in [1.54, 1.807) is 6.20 Å². The van der Waals surface area contributed by atoms with Crippen molar-refractivity contribution in [2.24, 2.45) is 5.84 Å². The number of anilines is 1. The first kappa shape index (κ1) is 7.26. The molecular formula is C6H6N4OS. The number of nitrogens with two attached hydrogens (primary N) is 1. The largest absolute Gasteiger partial charge is 0.345 e. The van der Waals surface area contributed by atoms with Gasteiger partial charge in [0.05, 0.1) is 0 Å². The van der Waals surface area contributed by atoms with Gasteiger partial charge in [0.25, 0.3) is 0 Å². The van der Waals surface area contributed by atoms with E-state index in [4.69, 9.17) is 5.84 Å². The lowest BCUT2D eigenvalue weighted by Gasteiger charge is -1.85. The molecule has 6 heteroatoms. The van der Waals surface area contributed by atoms with Gasteiger partial charge < -0.3 is 4.98 Å². The summed E-state index contributed by atoms with van der Waals surface area (Å²) in [6, 6.07) is 1.46. The Labute approximate surface area is 71.2 Å². The van der Waals surface area contributed by atoms with E-state index in [0.29, 0.717) is 15.5 Å². The van der Waals surface area contributed by atoms with Crippen LogP contribution in [0.3, 0.4) is 0 Å². The number of H-pyrrole nitrogens is 1. The number of nitrogen functional groups attached to an aromatic ring is 1. The van der Waals surface area contributed by atoms with E-state index in [9.17, 15) is 4.79 Å². The van der Waals surface area contributed by atoms with Crippen molar-refractivity contribution in [3.05, 3.63) is 22.5 Å². The number of rotatable bonds is 1. The van der Waals surface area contributed by atoms with Crippen molar-refractivity contribution in [3.63, 3.8) is 0 Å². The zero-order valence-electron chi connectivity index (χ0n) is 6.00. The fourth-order valence-electron chi connectivity index (χ4n) is 0.919. The van der Waals surface area contributed by atoms with Crippen LogP contribution < -0.4 is 16.7 Å². The third-order valence-corrected chi connectivity index (χ3v) is 2.43. The minimum Gasteiger partial charge on any atom is -0.345 e. The van der Waals surface area contributed by atoms with Gasteiger partial charge in [-0.05, 0) is 0 Å². The molecule has 0 spiro atoms. The number of hydrazine groups is 1. The Balaban J connectivity index is 2.83. The molecule has 0 aliphatic carbocycles. The Bertz CT molecular complexity index is 460. The topological polar surface area (TPSA) is 83.8 Å². The van der Waals surface area contributed by atoms with Gasteiger partial charge in [-0.1, -0.05) is 11.3 Å². The molecular weight excluding hydrogens is 176 g/mol. The van der Waals surface area contributed by atoms with Crippen LogP contribution in [0.15, 0.2) is 17.1 Å². The van der Waals surface area contributed by atoms with Crippen LogP contribution in [0.25, 0.3) is 10.3 Å². The standard InChI is InChI=1S/C6H6N4OS/c7-10-6-9-5-4(12-6)3(11)1-2-8-5/h1-2H,7H2,(H2,8,9,10,11). The first-order chi connectivity index (χ1) is 5.81. The van der Waals surface area contributed by atoms with Gasteiger partial charge in [0, 0.05) is 12.3 Å². The van der Waals surface area contributed by atoms with Crippen molar-refractivity contribution >= 4 is 26.8 Å². The van der Waals surface area contributed by atoms with Crippen LogP contribution in [-0.2, 0) is 0 Å². The molecule has 0 bridgehead atoms. The molecule has 0 fully saturated rings. The second-order valence-electron chi connectivity index (χ2n) is 2.18. The molecule has 62 valence electrons. The maximum atomic E-state index is 11.2. The summed E-state index contributed by atoms with van der Waals surface area (Å²) in [4.78, 5) is 18.1. The van der Waals surface area contributed by atoms with E-state index >= 15 is 0 Å². The minimum absolute atomic E-state index is 0.0391. The Morgan fingerprint density at radius 3 is 3.17 bits per heavy atom. The van der Waals surface area contributed by atoms with Crippen LogP contribution in [0.2, 0.25) is 0 Å². The van der Waals surface area contributed by atoms with Gasteiger partial charge in [-0.25, -0.2) is 10.8 Å². The van der Waals surface area contributed by atoms with Gasteiger partial charge in [0.1, 0.15) is 4.70 Å². The van der Waals surface area contributed by atoms with Crippen LogP contribution in [0.5, 0.6) is 0 Å². The predicted molar refractivity (Wildman–Crippen MR) is 48.1 cm³/mol. The maximum absolute atomic E-state index is 11.2. The number of fused-ring (bicyclic) bond motifs is 1. The molecule has 2 heterocycles. The fourth-order valence-corrected chi connectivity index (χ4v) is 1.68. The molecule has 0 aliphatic rings. The van der Waals surface area contributed by atoms with Crippen LogP contribution in [0.1, 0.15) is 0 Å². The van der Waals surface area contributed by atoms with E-state index in [0.717, 1.165) is 0 Å². The summed E-state index contributed by atoms with van der Waals surface area (Å²) in [5.74, 6) is 5.15. The molecule has 0 saturated heterocycles. The van der Waals surface area contributed by atoms with E-state index in [1.165, 1.54) is 17.4 Å². The quantitative estimate of drug-likeness (QED) is 0.436. The van der Waals surface area contributed by atoms with Crippen molar-refractivity contribution in [3.8, 4) is 0 Å². The Morgan fingerprint density at radius 1 is 1.67 bits per heavy atom. The van der Waals surface area contributed by atoms with E-state index in [2.05, 4.69) is 15.4 Å². The van der Waals surface area contributed by atoms with Gasteiger partial charge in [0.15, 0.2) is 10.8 Å². The van der Waals surface area contributed by atoms with E-state index in [1.807, 2.05) is 0 Å². The third-order valence-electron chi connectivity index (χ3n) is 1.43. The SMILES string of the molecule is NNc1nc2[nH]ccc(=O)c2s1. The average Bonchev–Trinajstić information content (AvgIpc) is 2.49. The number of nitrogens with one attached hydrogen (secondary N) is 2. The van der Waals surface area contributed by atoms with Gasteiger partial charge in [-0.15, -0.1) is 0 Å². The summed E-state index contributed by atoms with van der Waals surface area (Å²) in [5, 5.41) is 0.532. The zero-order valence-corrected chi connectivity index (χ0v) is 6.81. The van der Waals surface area contributed by atoms with Gasteiger partial charge >= 0.3 is 0 Å². The van der Waals surface area contributed by atoms with E-state index < -0.39 is 0 Å². The van der Waals surface area contributed by atoms with Crippen molar-refractivity contribution in [2.45, 2.75) is 0 Å². The second-order valence-corrected chi connectivity index (χ2v) is 3.18. The molecule has 0 amide bonds. The van der Waals surface area contributed by atoms with Crippen LogP contribution in [0, 0.1) is 0 Å². The highest BCUT2D eigenvalue weighted by Gasteiger charge is 2.04. The molecule has 0 saturated carbocycles. The van der Waals surface area contributed by atoms with Crippen LogP contribution >= 0.6 is 11.3 Å². The average molecular weight is 182 g/mol. The molecule has 0 aliphatic heterocycles. The highest BCUT2D eigenvalue weighted by molar-refractivity contribution is 7.22. The summed E-state index contributed by atoms with van der Waals surface area (Å²) >= 11 is 1.23. The first-order valence-corrected chi connectivity index (χ1v) is 4.08. The van der Waals surface area contributed by atoms with Crippen LogP contribution in [0.4, 0.5) is 5.13 Å². The highest BCUT2D eigenvalue weighted by atomic mass is 32.1. The normalized spacial score (nSPS) is 10.4. The molecule has 0 unspecified atom stereocenters. The van der Waals surface area contributed by atoms with Crippen LogP contribution in [-0.4, -0.2) is 9.97 Å². The first-order valence-electron chi connectivity index (χ1n) is 3.26. The Kier molecular flexibility index (Phi) is 1.56. The van der Waals surface area contributed by atoms with Gasteiger partial charge in [0.2, 0.25) is 5.43 Å². The summed E-state index contributed by atoms with van der Waals surface area (Å²) in [6.45, 7) is 0. The number of aromatic amines is 1. The fraction of sp³-hybridized carbons (Fsp3) is 0. The number of hydrogen-bond acceptors (Lipinski definition) is 5. The zero-order chi connectivity index (χ0) is 8.55. The Morgan fingerprint density at radius 2 is 2.50 bits per heavy atom. The van der Waals surface area contributed by atoms with Crippen molar-refractivity contribution < 1.29 is 0 Å². The minimum atomic E-state index is -0.0391. The molecule has 2 aromatic rings. The number of aromatic nitrogens is 2. The molecule has 0 atom stereocenters.